The van der Waals surface area contributed by atoms with Crippen LogP contribution < -0.4 is 14.8 Å². The van der Waals surface area contributed by atoms with E-state index in [9.17, 15) is 15.0 Å². The van der Waals surface area contributed by atoms with Crippen molar-refractivity contribution in [3.05, 3.63) is 83.4 Å². The number of nitrogens with zero attached hydrogens (tertiary/aromatic N) is 2. The fourth-order valence-electron chi connectivity index (χ4n) is 4.12. The van der Waals surface area contributed by atoms with Gasteiger partial charge in [-0.05, 0) is 46.7 Å². The average Bonchev–Trinajstić information content (AvgIpc) is 3.42. The number of aliphatic carboxylic acids is 1. The van der Waals surface area contributed by atoms with E-state index in [0.717, 1.165) is 11.1 Å². The maximum absolute atomic E-state index is 11.9. The number of aliphatic hydroxyl groups is 1. The molecular weight excluding hydrogens is 498 g/mol. The standard InChI is InChI=1S/C30H33N3O6/c1-30(2,3)22-13-10-20(11-14-22)27(34)31-23(29(35)36)16-18-6-8-19(9-7-18)26-32-28(39-33-26)21-12-15-24(37-4)25(17-21)38-5/h6-15,17,23,27,31,34H,16H2,1-5H3,(H,35,36)/t23-,27?/m0/s1. The first-order valence-corrected chi connectivity index (χ1v) is 12.5. The molecule has 204 valence electrons. The Kier molecular flexibility index (Phi) is 8.32. The second-order valence-corrected chi connectivity index (χ2v) is 10.2. The first kappa shape index (κ1) is 27.8. The Morgan fingerprint density at radius 1 is 0.949 bits per heavy atom. The number of aliphatic hydroxyl groups excluding tert-OH is 1. The first-order chi connectivity index (χ1) is 18.6. The maximum Gasteiger partial charge on any atom is 0.321 e. The Morgan fingerprint density at radius 2 is 1.59 bits per heavy atom. The van der Waals surface area contributed by atoms with Gasteiger partial charge in [-0.25, -0.2) is 0 Å². The predicted octanol–water partition coefficient (Wildman–Crippen LogP) is 4.99. The van der Waals surface area contributed by atoms with Crippen LogP contribution in [0.2, 0.25) is 0 Å². The molecule has 39 heavy (non-hydrogen) atoms. The van der Waals surface area contributed by atoms with Crippen molar-refractivity contribution in [2.75, 3.05) is 14.2 Å². The molecule has 0 fully saturated rings. The molecule has 0 aliphatic carbocycles. The van der Waals surface area contributed by atoms with Crippen LogP contribution in [0.4, 0.5) is 0 Å². The van der Waals surface area contributed by atoms with Gasteiger partial charge in [0.1, 0.15) is 12.3 Å². The Labute approximate surface area is 227 Å². The Bertz CT molecular complexity index is 1410. The molecule has 0 radical (unpaired) electrons. The molecule has 9 nitrogen and oxygen atoms in total. The number of hydrogen-bond donors (Lipinski definition) is 3. The largest absolute Gasteiger partial charge is 0.493 e. The fourth-order valence-corrected chi connectivity index (χ4v) is 4.12. The maximum atomic E-state index is 11.9. The molecule has 0 aliphatic rings. The Balaban J connectivity index is 1.44. The number of carboxylic acid groups (broad SMARTS) is 1. The summed E-state index contributed by atoms with van der Waals surface area (Å²) in [5, 5.41) is 27.3. The molecule has 1 unspecified atom stereocenters. The van der Waals surface area contributed by atoms with Crippen LogP contribution in [0.5, 0.6) is 11.5 Å². The van der Waals surface area contributed by atoms with Gasteiger partial charge in [0.2, 0.25) is 5.82 Å². The number of benzene rings is 3. The minimum absolute atomic E-state index is 0.0149. The number of aromatic nitrogens is 2. The number of rotatable bonds is 10. The summed E-state index contributed by atoms with van der Waals surface area (Å²) in [5.41, 5.74) is 3.90. The summed E-state index contributed by atoms with van der Waals surface area (Å²) in [6.07, 6.45) is -0.940. The molecule has 9 heteroatoms. The molecule has 1 aromatic heterocycles. The van der Waals surface area contributed by atoms with Gasteiger partial charge in [-0.3, -0.25) is 10.1 Å². The molecule has 0 spiro atoms. The van der Waals surface area contributed by atoms with Crippen LogP contribution in [0.3, 0.4) is 0 Å². The third-order valence-electron chi connectivity index (χ3n) is 6.46. The third-order valence-corrected chi connectivity index (χ3v) is 6.46. The van der Waals surface area contributed by atoms with Crippen molar-refractivity contribution >= 4 is 5.97 Å². The molecule has 4 aromatic rings. The number of hydrogen-bond acceptors (Lipinski definition) is 8. The SMILES string of the molecule is COc1ccc(-c2nc(-c3ccc(C[C@H](NC(O)c4ccc(C(C)(C)C)cc4)C(=O)O)cc3)no2)cc1OC. The van der Waals surface area contributed by atoms with Gasteiger partial charge >= 0.3 is 5.97 Å². The topological polar surface area (TPSA) is 127 Å². The van der Waals surface area contributed by atoms with E-state index in [-0.39, 0.29) is 11.8 Å². The number of ether oxygens (including phenoxy) is 2. The van der Waals surface area contributed by atoms with Gasteiger partial charge in [-0.1, -0.05) is 74.5 Å². The Hall–Kier alpha value is -4.21. The van der Waals surface area contributed by atoms with Crippen molar-refractivity contribution in [2.24, 2.45) is 0 Å². The summed E-state index contributed by atoms with van der Waals surface area (Å²) >= 11 is 0. The van der Waals surface area contributed by atoms with Crippen molar-refractivity contribution in [1.82, 2.24) is 15.5 Å². The normalized spacial score (nSPS) is 13.1. The molecule has 0 aliphatic heterocycles. The second kappa shape index (κ2) is 11.7. The van der Waals surface area contributed by atoms with Crippen molar-refractivity contribution in [3.8, 4) is 34.3 Å². The van der Waals surface area contributed by atoms with Crippen LogP contribution >= 0.6 is 0 Å². The fraction of sp³-hybridized carbons (Fsp3) is 0.300. The van der Waals surface area contributed by atoms with E-state index in [1.807, 2.05) is 36.4 Å². The second-order valence-electron chi connectivity index (χ2n) is 10.2. The van der Waals surface area contributed by atoms with Crippen molar-refractivity contribution in [3.63, 3.8) is 0 Å². The van der Waals surface area contributed by atoms with E-state index in [0.29, 0.717) is 39.9 Å². The van der Waals surface area contributed by atoms with Crippen LogP contribution in [0.25, 0.3) is 22.8 Å². The first-order valence-electron chi connectivity index (χ1n) is 12.5. The van der Waals surface area contributed by atoms with Gasteiger partial charge < -0.3 is 24.2 Å². The number of carboxylic acids is 1. The molecule has 4 rings (SSSR count). The monoisotopic (exact) mass is 531 g/mol. The van der Waals surface area contributed by atoms with E-state index in [2.05, 4.69) is 36.2 Å². The highest BCUT2D eigenvalue weighted by atomic mass is 16.5. The summed E-state index contributed by atoms with van der Waals surface area (Å²) in [4.78, 5) is 16.4. The lowest BCUT2D eigenvalue weighted by Crippen LogP contribution is -2.40. The summed E-state index contributed by atoms with van der Waals surface area (Å²) in [7, 11) is 3.12. The van der Waals surface area contributed by atoms with Crippen LogP contribution in [0.1, 0.15) is 43.7 Å². The molecule has 3 N–H and O–H groups in total. The van der Waals surface area contributed by atoms with Gasteiger partial charge in [0.05, 0.1) is 14.2 Å². The molecule has 1 heterocycles. The van der Waals surface area contributed by atoms with Crippen LogP contribution in [0.15, 0.2) is 71.3 Å². The van der Waals surface area contributed by atoms with E-state index < -0.39 is 18.2 Å². The molecule has 2 atom stereocenters. The van der Waals surface area contributed by atoms with Crippen molar-refractivity contribution < 1.29 is 29.0 Å². The van der Waals surface area contributed by atoms with E-state index in [1.165, 1.54) is 0 Å². The smallest absolute Gasteiger partial charge is 0.321 e. The number of methoxy groups -OCH3 is 2. The summed E-state index contributed by atoms with van der Waals surface area (Å²) in [5.74, 6) is 0.814. The van der Waals surface area contributed by atoms with Gasteiger partial charge in [0.25, 0.3) is 5.89 Å². The zero-order valence-corrected chi connectivity index (χ0v) is 22.6. The average molecular weight is 532 g/mol. The Morgan fingerprint density at radius 3 is 2.18 bits per heavy atom. The van der Waals surface area contributed by atoms with Crippen molar-refractivity contribution in [2.45, 2.75) is 44.9 Å². The van der Waals surface area contributed by atoms with E-state index in [1.54, 1.807) is 44.6 Å². The van der Waals surface area contributed by atoms with E-state index in [4.69, 9.17) is 14.0 Å². The van der Waals surface area contributed by atoms with Crippen LogP contribution in [0, 0.1) is 0 Å². The highest BCUT2D eigenvalue weighted by Gasteiger charge is 2.23. The molecule has 0 amide bonds. The van der Waals surface area contributed by atoms with E-state index >= 15 is 0 Å². The van der Waals surface area contributed by atoms with Crippen molar-refractivity contribution in [1.29, 1.82) is 0 Å². The molecule has 0 saturated carbocycles. The lowest BCUT2D eigenvalue weighted by atomic mass is 9.86. The molecular formula is C30H33N3O6. The van der Waals surface area contributed by atoms with Crippen LogP contribution in [-0.2, 0) is 16.6 Å². The highest BCUT2D eigenvalue weighted by molar-refractivity contribution is 5.74. The highest BCUT2D eigenvalue weighted by Crippen LogP contribution is 2.32. The number of nitrogens with one attached hydrogen (secondary N) is 1. The summed E-state index contributed by atoms with van der Waals surface area (Å²) in [6.45, 7) is 6.33. The van der Waals surface area contributed by atoms with Gasteiger partial charge in [-0.2, -0.15) is 4.98 Å². The number of carbonyl (C=O) groups is 1. The lowest BCUT2D eigenvalue weighted by Gasteiger charge is -2.22. The lowest BCUT2D eigenvalue weighted by molar-refractivity contribution is -0.140. The third kappa shape index (κ3) is 6.63. The quantitative estimate of drug-likeness (QED) is 0.242. The minimum Gasteiger partial charge on any atom is -0.493 e. The molecule has 0 saturated heterocycles. The van der Waals surface area contributed by atoms with Gasteiger partial charge in [0, 0.05) is 11.1 Å². The summed E-state index contributed by atoms with van der Waals surface area (Å²) in [6, 6.07) is 19.1. The molecule has 0 bridgehead atoms. The zero-order chi connectivity index (χ0) is 28.2. The van der Waals surface area contributed by atoms with Crippen LogP contribution in [-0.4, -0.2) is 46.6 Å². The summed E-state index contributed by atoms with van der Waals surface area (Å²) < 4.78 is 16.0. The minimum atomic E-state index is -1.12. The predicted molar refractivity (Wildman–Crippen MR) is 147 cm³/mol. The van der Waals surface area contributed by atoms with Gasteiger partial charge in [0.15, 0.2) is 11.5 Å². The molecule has 3 aromatic carbocycles. The zero-order valence-electron chi connectivity index (χ0n) is 22.6. The van der Waals surface area contributed by atoms with Gasteiger partial charge in [-0.15, -0.1) is 0 Å².